The van der Waals surface area contributed by atoms with Gasteiger partial charge in [0.25, 0.3) is 0 Å². The average Bonchev–Trinajstić information content (AvgIpc) is 3.76. The third kappa shape index (κ3) is 6.35. The van der Waals surface area contributed by atoms with Crippen LogP contribution in [0.2, 0.25) is 0 Å². The molecule has 0 spiro atoms. The maximum Gasteiger partial charge on any atom is 0.0520 e. The van der Waals surface area contributed by atoms with Crippen LogP contribution >= 0.6 is 0 Å². The second-order valence-corrected chi connectivity index (χ2v) is 21.1. The van der Waals surface area contributed by atoms with E-state index in [1.165, 1.54) is 128 Å². The maximum atomic E-state index is 2.64. The van der Waals surface area contributed by atoms with Crippen molar-refractivity contribution in [3.05, 3.63) is 165 Å². The van der Waals surface area contributed by atoms with Gasteiger partial charge in [-0.3, -0.25) is 0 Å². The predicted molar refractivity (Wildman–Crippen MR) is 258 cm³/mol. The summed E-state index contributed by atoms with van der Waals surface area (Å²) in [5, 5.41) is 0. The molecular formula is C58H66N2. The number of nitrogens with zero attached hydrogens (tertiary/aromatic N) is 2. The van der Waals surface area contributed by atoms with Crippen LogP contribution in [-0.4, -0.2) is 0 Å². The summed E-state index contributed by atoms with van der Waals surface area (Å²) < 4.78 is 0. The van der Waals surface area contributed by atoms with E-state index in [9.17, 15) is 0 Å². The number of hydrogen-bond acceptors (Lipinski definition) is 2. The molecule has 0 unspecified atom stereocenters. The molecule has 2 saturated carbocycles. The summed E-state index contributed by atoms with van der Waals surface area (Å²) in [6.07, 6.45) is 7.56. The Morgan fingerprint density at radius 1 is 0.383 bits per heavy atom. The second kappa shape index (κ2) is 14.3. The Balaban J connectivity index is 1.24. The van der Waals surface area contributed by atoms with Gasteiger partial charge in [0, 0.05) is 33.6 Å². The van der Waals surface area contributed by atoms with Gasteiger partial charge in [-0.1, -0.05) is 126 Å². The van der Waals surface area contributed by atoms with Gasteiger partial charge in [-0.25, -0.2) is 0 Å². The molecule has 308 valence electrons. The van der Waals surface area contributed by atoms with Crippen molar-refractivity contribution in [1.82, 2.24) is 0 Å². The molecule has 0 bridgehead atoms. The van der Waals surface area contributed by atoms with Crippen LogP contribution in [-0.2, 0) is 21.7 Å². The van der Waals surface area contributed by atoms with Crippen molar-refractivity contribution >= 4 is 34.1 Å². The van der Waals surface area contributed by atoms with Gasteiger partial charge in [-0.2, -0.15) is 0 Å². The van der Waals surface area contributed by atoms with Crippen LogP contribution in [0, 0.1) is 41.5 Å². The SMILES string of the molecule is Cc1ccc(N(c2ccc3c(c2)C24CCCC2(CCC4)c2cc(N(c4ccc(C)cc4)c4c(C)cc(C(C)(C)C)cc4C)ccc2-3)c2c(C)cc(C(C)(C)C)cc2C)cc1. The van der Waals surface area contributed by atoms with Crippen molar-refractivity contribution in [2.75, 3.05) is 9.80 Å². The Bertz CT molecular complexity index is 2390. The van der Waals surface area contributed by atoms with Crippen molar-refractivity contribution in [1.29, 1.82) is 0 Å². The van der Waals surface area contributed by atoms with Gasteiger partial charge in [0.1, 0.15) is 0 Å². The highest BCUT2D eigenvalue weighted by atomic mass is 15.2. The first kappa shape index (κ1) is 40.3. The number of rotatable bonds is 6. The summed E-state index contributed by atoms with van der Waals surface area (Å²) in [6, 6.07) is 43.1. The molecule has 6 aromatic carbocycles. The van der Waals surface area contributed by atoms with Gasteiger partial charge < -0.3 is 9.80 Å². The van der Waals surface area contributed by atoms with Crippen LogP contribution in [0.25, 0.3) is 11.1 Å². The third-order valence-electron chi connectivity index (χ3n) is 14.9. The minimum absolute atomic E-state index is 0.0843. The summed E-state index contributed by atoms with van der Waals surface area (Å²) in [7, 11) is 0. The highest BCUT2D eigenvalue weighted by Gasteiger charge is 2.62. The molecule has 0 heterocycles. The zero-order valence-electron chi connectivity index (χ0n) is 38.5. The van der Waals surface area contributed by atoms with Crippen molar-refractivity contribution in [2.24, 2.45) is 0 Å². The first-order valence-electron chi connectivity index (χ1n) is 22.7. The monoisotopic (exact) mass is 791 g/mol. The van der Waals surface area contributed by atoms with E-state index in [4.69, 9.17) is 0 Å². The van der Waals surface area contributed by atoms with Crippen molar-refractivity contribution < 1.29 is 0 Å². The molecule has 9 rings (SSSR count). The largest absolute Gasteiger partial charge is 0.310 e. The summed E-state index contributed by atoms with van der Waals surface area (Å²) in [5.41, 5.74) is 24.6. The fourth-order valence-electron chi connectivity index (χ4n) is 11.9. The fourth-order valence-corrected chi connectivity index (χ4v) is 11.9. The Morgan fingerprint density at radius 2 is 0.683 bits per heavy atom. The molecule has 0 amide bonds. The summed E-state index contributed by atoms with van der Waals surface area (Å²) in [6.45, 7) is 27.6. The molecule has 0 atom stereocenters. The van der Waals surface area contributed by atoms with Gasteiger partial charge in [-0.05, 0) is 182 Å². The average molecular weight is 791 g/mol. The smallest absolute Gasteiger partial charge is 0.0520 e. The lowest BCUT2D eigenvalue weighted by molar-refractivity contribution is 0.299. The molecule has 0 N–H and O–H groups in total. The molecule has 0 aliphatic heterocycles. The summed E-state index contributed by atoms with van der Waals surface area (Å²) in [5.74, 6) is 0. The van der Waals surface area contributed by atoms with E-state index in [-0.39, 0.29) is 21.7 Å². The van der Waals surface area contributed by atoms with Crippen LogP contribution in [0.3, 0.4) is 0 Å². The minimum atomic E-state index is 0.0843. The van der Waals surface area contributed by atoms with Crippen LogP contribution in [0.1, 0.15) is 136 Å². The van der Waals surface area contributed by atoms with E-state index >= 15 is 0 Å². The molecule has 0 saturated heterocycles. The van der Waals surface area contributed by atoms with Gasteiger partial charge in [0.05, 0.1) is 11.4 Å². The lowest BCUT2D eigenvalue weighted by atomic mass is 9.55. The second-order valence-electron chi connectivity index (χ2n) is 21.1. The zero-order valence-corrected chi connectivity index (χ0v) is 38.5. The number of benzene rings is 6. The fraction of sp³-hybridized carbons (Fsp3) is 0.379. The zero-order chi connectivity index (χ0) is 42.5. The normalized spacial score (nSPS) is 19.4. The van der Waals surface area contributed by atoms with Crippen LogP contribution < -0.4 is 9.80 Å². The molecule has 2 heteroatoms. The van der Waals surface area contributed by atoms with Crippen LogP contribution in [0.4, 0.5) is 34.1 Å². The van der Waals surface area contributed by atoms with Crippen LogP contribution in [0.15, 0.2) is 109 Å². The van der Waals surface area contributed by atoms with E-state index in [0.29, 0.717) is 0 Å². The molecule has 60 heavy (non-hydrogen) atoms. The first-order valence-corrected chi connectivity index (χ1v) is 22.7. The van der Waals surface area contributed by atoms with Crippen LogP contribution in [0.5, 0.6) is 0 Å². The quantitative estimate of drug-likeness (QED) is 0.166. The Kier molecular flexibility index (Phi) is 9.58. The maximum absolute atomic E-state index is 2.64. The predicted octanol–water partition coefficient (Wildman–Crippen LogP) is 16.6. The molecule has 2 fully saturated rings. The van der Waals surface area contributed by atoms with Crippen molar-refractivity contribution in [3.63, 3.8) is 0 Å². The molecule has 0 aromatic heterocycles. The van der Waals surface area contributed by atoms with Gasteiger partial charge >= 0.3 is 0 Å². The highest BCUT2D eigenvalue weighted by molar-refractivity contribution is 5.89. The summed E-state index contributed by atoms with van der Waals surface area (Å²) in [4.78, 5) is 5.12. The molecule has 3 aliphatic carbocycles. The lowest BCUT2D eigenvalue weighted by Crippen LogP contribution is -2.43. The van der Waals surface area contributed by atoms with E-state index in [1.807, 2.05) is 0 Å². The summed E-state index contributed by atoms with van der Waals surface area (Å²) >= 11 is 0. The minimum Gasteiger partial charge on any atom is -0.310 e. The van der Waals surface area contributed by atoms with E-state index in [0.717, 1.165) is 0 Å². The number of fused-ring (bicyclic) bond motifs is 3. The number of aryl methyl sites for hydroxylation is 6. The molecule has 0 radical (unpaired) electrons. The molecule has 3 aliphatic rings. The van der Waals surface area contributed by atoms with Crippen molar-refractivity contribution in [3.8, 4) is 11.1 Å². The lowest BCUT2D eigenvalue weighted by Gasteiger charge is -2.48. The van der Waals surface area contributed by atoms with Gasteiger partial charge in [0.2, 0.25) is 0 Å². The molecular weight excluding hydrogens is 725 g/mol. The standard InChI is InChI=1S/C58H66N2/c1-37-15-19-45(20-16-37)59(53-39(3)31-43(32-40(53)4)55(7,8)9)47-23-25-49-50-26-24-48(36-52(50)58-29-13-27-57(58,28-14-30-58)51(49)35-47)60(46-21-17-38(2)18-22-46)54-41(5)33-44(34-42(54)6)56(10,11)12/h15-26,31-36H,13-14,27-30H2,1-12H3. The topological polar surface area (TPSA) is 6.48 Å². The number of anilines is 6. The molecule has 2 nitrogen and oxygen atoms in total. The van der Waals surface area contributed by atoms with Gasteiger partial charge in [0.15, 0.2) is 0 Å². The third-order valence-corrected chi connectivity index (χ3v) is 14.9. The highest BCUT2D eigenvalue weighted by Crippen LogP contribution is 2.70. The Hall–Kier alpha value is -5.08. The van der Waals surface area contributed by atoms with Gasteiger partial charge in [-0.15, -0.1) is 0 Å². The van der Waals surface area contributed by atoms with Crippen molar-refractivity contribution in [2.45, 2.75) is 143 Å². The van der Waals surface area contributed by atoms with E-state index in [1.54, 1.807) is 11.1 Å². The van der Waals surface area contributed by atoms with E-state index in [2.05, 4.69) is 202 Å². The van der Waals surface area contributed by atoms with E-state index < -0.39 is 0 Å². The number of hydrogen-bond donors (Lipinski definition) is 0. The Labute approximate surface area is 361 Å². The molecule has 6 aromatic rings. The first-order chi connectivity index (χ1) is 28.4. The Morgan fingerprint density at radius 3 is 0.983 bits per heavy atom.